The number of nitrogens with zero attached hydrogens (tertiary/aromatic N) is 2. The van der Waals surface area contributed by atoms with Crippen molar-refractivity contribution in [3.8, 4) is 0 Å². The highest BCUT2D eigenvalue weighted by Gasteiger charge is 2.12. The first-order valence-corrected chi connectivity index (χ1v) is 4.64. The van der Waals surface area contributed by atoms with Crippen LogP contribution >= 0.6 is 15.9 Å². The van der Waals surface area contributed by atoms with Gasteiger partial charge in [-0.2, -0.15) is 0 Å². The van der Waals surface area contributed by atoms with Crippen LogP contribution in [0.2, 0.25) is 0 Å². The van der Waals surface area contributed by atoms with Gasteiger partial charge in [0.15, 0.2) is 11.5 Å². The maximum Gasteiger partial charge on any atom is 0.297 e. The summed E-state index contributed by atoms with van der Waals surface area (Å²) in [7, 11) is 0. The van der Waals surface area contributed by atoms with Crippen LogP contribution in [0, 0.1) is 0 Å². The Bertz CT molecular complexity index is 344. The zero-order chi connectivity index (χ0) is 10.6. The molecule has 0 saturated heterocycles. The molecule has 0 bridgehead atoms. The minimum absolute atomic E-state index is 0.0350. The molecule has 0 atom stereocenters. The Hall–Kier alpha value is -1.21. The first kappa shape index (κ1) is 10.9. The quantitative estimate of drug-likeness (QED) is 0.773. The van der Waals surface area contributed by atoms with E-state index in [1.165, 1.54) is 6.20 Å². The summed E-state index contributed by atoms with van der Waals surface area (Å²) in [6, 6.07) is 0. The van der Waals surface area contributed by atoms with Crippen molar-refractivity contribution in [3.05, 3.63) is 16.5 Å². The predicted octanol–water partition coefficient (Wildman–Crippen LogP) is 0.503. The number of amides is 1. The zero-order valence-electron chi connectivity index (χ0n) is 7.45. The molecule has 0 fully saturated rings. The van der Waals surface area contributed by atoms with Crippen molar-refractivity contribution in [1.29, 1.82) is 0 Å². The van der Waals surface area contributed by atoms with Gasteiger partial charge in [0.2, 0.25) is 0 Å². The minimum Gasteiger partial charge on any atom is -0.382 e. The molecule has 0 aromatic carbocycles. The van der Waals surface area contributed by atoms with E-state index in [2.05, 4.69) is 31.4 Å². The van der Waals surface area contributed by atoms with E-state index >= 15 is 0 Å². The molecule has 1 heterocycles. The molecular formula is C7H9BrN4O2. The molecule has 0 spiro atoms. The minimum atomic E-state index is -0.516. The molecule has 76 valence electrons. The molecule has 14 heavy (non-hydrogen) atoms. The van der Waals surface area contributed by atoms with Crippen molar-refractivity contribution in [1.82, 2.24) is 15.4 Å². The smallest absolute Gasteiger partial charge is 0.297 e. The summed E-state index contributed by atoms with van der Waals surface area (Å²) in [6.07, 6.45) is 1.41. The predicted molar refractivity (Wildman–Crippen MR) is 53.2 cm³/mol. The summed E-state index contributed by atoms with van der Waals surface area (Å²) < 4.78 is 0.438. The second kappa shape index (κ2) is 4.87. The van der Waals surface area contributed by atoms with Gasteiger partial charge < -0.3 is 5.73 Å². The van der Waals surface area contributed by atoms with E-state index in [0.717, 1.165) is 0 Å². The highest BCUT2D eigenvalue weighted by Crippen LogP contribution is 2.10. The van der Waals surface area contributed by atoms with E-state index in [9.17, 15) is 4.79 Å². The summed E-state index contributed by atoms with van der Waals surface area (Å²) in [6.45, 7) is 2.11. The topological polar surface area (TPSA) is 90.1 Å². The number of aromatic nitrogens is 2. The van der Waals surface area contributed by atoms with Gasteiger partial charge in [0.25, 0.3) is 5.91 Å². The second-order valence-corrected chi connectivity index (χ2v) is 3.10. The van der Waals surface area contributed by atoms with E-state index in [1.54, 1.807) is 6.92 Å². The molecule has 0 unspecified atom stereocenters. The van der Waals surface area contributed by atoms with E-state index < -0.39 is 5.91 Å². The lowest BCUT2D eigenvalue weighted by Crippen LogP contribution is -2.26. The molecule has 3 N–H and O–H groups in total. The number of hydrogen-bond acceptors (Lipinski definition) is 5. The van der Waals surface area contributed by atoms with Crippen LogP contribution in [-0.4, -0.2) is 22.5 Å². The van der Waals surface area contributed by atoms with Crippen LogP contribution in [0.1, 0.15) is 17.4 Å². The number of carbonyl (C=O) groups excluding carboxylic acids is 1. The van der Waals surface area contributed by atoms with E-state index in [0.29, 0.717) is 11.2 Å². The van der Waals surface area contributed by atoms with E-state index in [1.807, 2.05) is 0 Å². The van der Waals surface area contributed by atoms with Gasteiger partial charge in [-0.25, -0.2) is 15.4 Å². The van der Waals surface area contributed by atoms with Gasteiger partial charge in [-0.1, -0.05) is 0 Å². The molecule has 1 aromatic rings. The van der Waals surface area contributed by atoms with Crippen LogP contribution in [0.15, 0.2) is 10.8 Å². The number of anilines is 1. The third-order valence-electron chi connectivity index (χ3n) is 1.30. The Morgan fingerprint density at radius 1 is 1.79 bits per heavy atom. The third kappa shape index (κ3) is 2.64. The molecule has 1 aromatic heterocycles. The van der Waals surface area contributed by atoms with Gasteiger partial charge >= 0.3 is 0 Å². The molecule has 0 aliphatic heterocycles. The van der Waals surface area contributed by atoms with Gasteiger partial charge in [0, 0.05) is 0 Å². The van der Waals surface area contributed by atoms with Crippen LogP contribution in [0.25, 0.3) is 0 Å². The highest BCUT2D eigenvalue weighted by atomic mass is 79.9. The highest BCUT2D eigenvalue weighted by molar-refractivity contribution is 9.10. The Balaban J connectivity index is 2.83. The van der Waals surface area contributed by atoms with Crippen molar-refractivity contribution < 1.29 is 9.63 Å². The summed E-state index contributed by atoms with van der Waals surface area (Å²) in [4.78, 5) is 23.7. The molecular weight excluding hydrogens is 252 g/mol. The Morgan fingerprint density at radius 3 is 3.14 bits per heavy atom. The van der Waals surface area contributed by atoms with Crippen molar-refractivity contribution in [2.45, 2.75) is 6.92 Å². The number of nitrogens with one attached hydrogen (secondary N) is 1. The van der Waals surface area contributed by atoms with E-state index in [-0.39, 0.29) is 11.5 Å². The van der Waals surface area contributed by atoms with Gasteiger partial charge in [-0.05, 0) is 22.9 Å². The van der Waals surface area contributed by atoms with Crippen LogP contribution in [0.5, 0.6) is 0 Å². The van der Waals surface area contributed by atoms with Gasteiger partial charge in [0.1, 0.15) is 4.60 Å². The van der Waals surface area contributed by atoms with Crippen molar-refractivity contribution in [2.75, 3.05) is 12.3 Å². The number of carbonyl (C=O) groups is 1. The van der Waals surface area contributed by atoms with Crippen LogP contribution in [-0.2, 0) is 4.84 Å². The number of nitrogen functional groups attached to an aromatic ring is 1. The molecule has 1 rings (SSSR count). The Morgan fingerprint density at radius 2 is 2.50 bits per heavy atom. The molecule has 0 aliphatic rings. The maximum atomic E-state index is 11.3. The number of hydroxylamine groups is 1. The molecule has 7 heteroatoms. The molecule has 0 saturated carbocycles. The normalized spacial score (nSPS) is 9.86. The first-order chi connectivity index (χ1) is 6.65. The fraction of sp³-hybridized carbons (Fsp3) is 0.286. The average Bonchev–Trinajstić information content (AvgIpc) is 2.18. The number of hydrogen-bond donors (Lipinski definition) is 2. The summed E-state index contributed by atoms with van der Waals surface area (Å²) in [5, 5.41) is 0. The second-order valence-electron chi connectivity index (χ2n) is 2.29. The standard InChI is InChI=1S/C7H9BrN4O2/c1-2-14-12-7(13)5-6(9)10-3-4(8)11-5/h3H,2H2,1H3,(H2,9,10)(H,12,13). The molecule has 0 aliphatic carbocycles. The van der Waals surface area contributed by atoms with E-state index in [4.69, 9.17) is 10.6 Å². The van der Waals surface area contributed by atoms with Gasteiger partial charge in [-0.15, -0.1) is 0 Å². The zero-order valence-corrected chi connectivity index (χ0v) is 9.04. The largest absolute Gasteiger partial charge is 0.382 e. The van der Waals surface area contributed by atoms with Crippen LogP contribution in [0.4, 0.5) is 5.82 Å². The Labute approximate surface area is 89.0 Å². The summed E-state index contributed by atoms with van der Waals surface area (Å²) in [5.74, 6) is -0.455. The number of nitrogens with two attached hydrogens (primary N) is 1. The number of halogens is 1. The van der Waals surface area contributed by atoms with Crippen LogP contribution in [0.3, 0.4) is 0 Å². The third-order valence-corrected chi connectivity index (χ3v) is 1.68. The molecule has 6 nitrogen and oxygen atoms in total. The SMILES string of the molecule is CCONC(=O)c1nc(Br)cnc1N. The monoisotopic (exact) mass is 260 g/mol. The lowest BCUT2D eigenvalue weighted by Gasteiger charge is -2.04. The average molecular weight is 261 g/mol. The fourth-order valence-electron chi connectivity index (χ4n) is 0.730. The summed E-state index contributed by atoms with van der Waals surface area (Å²) in [5.41, 5.74) is 7.66. The number of rotatable bonds is 3. The Kier molecular flexibility index (Phi) is 3.78. The molecule has 1 amide bonds. The van der Waals surface area contributed by atoms with Crippen molar-refractivity contribution in [3.63, 3.8) is 0 Å². The van der Waals surface area contributed by atoms with Gasteiger partial charge in [0.05, 0.1) is 12.8 Å². The van der Waals surface area contributed by atoms with Crippen LogP contribution < -0.4 is 11.2 Å². The lowest BCUT2D eigenvalue weighted by atomic mass is 10.4. The van der Waals surface area contributed by atoms with Crippen molar-refractivity contribution >= 4 is 27.7 Å². The van der Waals surface area contributed by atoms with Gasteiger partial charge in [-0.3, -0.25) is 9.63 Å². The molecule has 0 radical (unpaired) electrons. The fourth-order valence-corrected chi connectivity index (χ4v) is 1.01. The summed E-state index contributed by atoms with van der Waals surface area (Å²) >= 11 is 3.08. The lowest BCUT2D eigenvalue weighted by molar-refractivity contribution is 0.0360. The first-order valence-electron chi connectivity index (χ1n) is 3.85. The van der Waals surface area contributed by atoms with Crippen molar-refractivity contribution in [2.24, 2.45) is 0 Å². The maximum absolute atomic E-state index is 11.3.